The second kappa shape index (κ2) is 8.60. The predicted octanol–water partition coefficient (Wildman–Crippen LogP) is 3.29. The highest BCUT2D eigenvalue weighted by Crippen LogP contribution is 2.12. The van der Waals surface area contributed by atoms with Crippen molar-refractivity contribution in [2.75, 3.05) is 6.61 Å². The first kappa shape index (κ1) is 16.6. The smallest absolute Gasteiger partial charge is 0.271 e. The molecule has 0 aliphatic heterocycles. The molecule has 2 rings (SSSR count). The van der Waals surface area contributed by atoms with Crippen molar-refractivity contribution < 1.29 is 14.6 Å². The molecule has 2 N–H and O–H groups in total. The number of nitrogens with one attached hydrogen (secondary N) is 1. The molecule has 0 aliphatic rings. The highest BCUT2D eigenvalue weighted by atomic mass is 35.5. The molecule has 0 saturated carbocycles. The number of rotatable bonds is 6. The number of carbonyl (C=O) groups is 1. The van der Waals surface area contributed by atoms with Crippen LogP contribution in [0, 0.1) is 0 Å². The van der Waals surface area contributed by atoms with Crippen molar-refractivity contribution in [1.82, 2.24) is 5.43 Å². The molecule has 118 valence electrons. The number of ether oxygens (including phenoxy) is 1. The molecule has 0 radical (unpaired) electrons. The maximum Gasteiger partial charge on any atom is 0.271 e. The Morgan fingerprint density at radius 3 is 2.74 bits per heavy atom. The number of hydrazone groups is 1. The Labute approximate surface area is 138 Å². The van der Waals surface area contributed by atoms with Crippen molar-refractivity contribution >= 4 is 23.7 Å². The maximum absolute atomic E-state index is 11.8. The zero-order valence-corrected chi connectivity index (χ0v) is 12.9. The van der Waals surface area contributed by atoms with Gasteiger partial charge in [0.2, 0.25) is 0 Å². The largest absolute Gasteiger partial charge is 0.508 e. The molecule has 0 aliphatic carbocycles. The van der Waals surface area contributed by atoms with Gasteiger partial charge >= 0.3 is 0 Å². The fraction of sp³-hybridized carbons (Fsp3) is 0.0588. The van der Waals surface area contributed by atoms with Crippen LogP contribution in [0.25, 0.3) is 0 Å². The first-order chi connectivity index (χ1) is 11.2. The van der Waals surface area contributed by atoms with E-state index in [0.717, 1.165) is 5.56 Å². The number of phenols is 1. The van der Waals surface area contributed by atoms with E-state index in [-0.39, 0.29) is 5.75 Å². The zero-order chi connectivity index (χ0) is 16.5. The summed E-state index contributed by atoms with van der Waals surface area (Å²) in [5, 5.41) is 13.2. The minimum absolute atomic E-state index is 0.0289. The predicted molar refractivity (Wildman–Crippen MR) is 90.1 cm³/mol. The molecular formula is C17H15ClN2O3. The van der Waals surface area contributed by atoms with Gasteiger partial charge in [-0.25, -0.2) is 5.43 Å². The topological polar surface area (TPSA) is 70.9 Å². The van der Waals surface area contributed by atoms with Crippen molar-refractivity contribution in [3.63, 3.8) is 0 Å². The average Bonchev–Trinajstić information content (AvgIpc) is 2.56. The van der Waals surface area contributed by atoms with Gasteiger partial charge < -0.3 is 9.84 Å². The Kier molecular flexibility index (Phi) is 6.20. The van der Waals surface area contributed by atoms with Crippen molar-refractivity contribution in [3.05, 3.63) is 71.3 Å². The third-order valence-electron chi connectivity index (χ3n) is 2.80. The summed E-state index contributed by atoms with van der Waals surface area (Å²) in [4.78, 5) is 11.8. The van der Waals surface area contributed by atoms with Crippen LogP contribution in [0.5, 0.6) is 11.5 Å². The van der Waals surface area contributed by atoms with E-state index in [1.165, 1.54) is 23.9 Å². The molecule has 2 aromatic carbocycles. The first-order valence-electron chi connectivity index (χ1n) is 6.79. The van der Waals surface area contributed by atoms with Gasteiger partial charge in [0.15, 0.2) is 0 Å². The molecule has 0 aromatic heterocycles. The van der Waals surface area contributed by atoms with Crippen molar-refractivity contribution in [3.8, 4) is 11.5 Å². The Hall–Kier alpha value is -2.79. The van der Waals surface area contributed by atoms with Gasteiger partial charge in [0.05, 0.1) is 6.21 Å². The van der Waals surface area contributed by atoms with E-state index in [2.05, 4.69) is 10.5 Å². The van der Waals surface area contributed by atoms with E-state index in [1.807, 2.05) is 12.1 Å². The van der Waals surface area contributed by atoms with E-state index < -0.39 is 5.91 Å². The van der Waals surface area contributed by atoms with Crippen LogP contribution in [0.15, 0.2) is 65.2 Å². The van der Waals surface area contributed by atoms with Crippen LogP contribution in [-0.2, 0) is 0 Å². The summed E-state index contributed by atoms with van der Waals surface area (Å²) in [7, 11) is 0. The van der Waals surface area contributed by atoms with E-state index in [0.29, 0.717) is 17.9 Å². The third kappa shape index (κ3) is 5.48. The molecule has 0 unspecified atom stereocenters. The van der Waals surface area contributed by atoms with Crippen LogP contribution in [0.2, 0.25) is 0 Å². The molecule has 2 aromatic rings. The lowest BCUT2D eigenvalue weighted by atomic mass is 10.2. The Bertz CT molecular complexity index is 712. The molecule has 0 atom stereocenters. The Balaban J connectivity index is 1.89. The number of nitrogens with zero attached hydrogens (tertiary/aromatic N) is 1. The van der Waals surface area contributed by atoms with E-state index in [1.54, 1.807) is 30.3 Å². The van der Waals surface area contributed by atoms with Crippen LogP contribution in [0.4, 0.5) is 0 Å². The van der Waals surface area contributed by atoms with Gasteiger partial charge in [-0.3, -0.25) is 4.79 Å². The van der Waals surface area contributed by atoms with Crippen LogP contribution in [0.3, 0.4) is 0 Å². The number of hydrogen-bond donors (Lipinski definition) is 2. The standard InChI is InChI=1S/C17H15ClN2O3/c18-9-2-10-23-16-7-5-13(6-8-16)12-19-20-17(22)14-3-1-4-15(21)11-14/h1-9,11-12,21H,10H2,(H,20,22)/b9-2+,19-12-. The SMILES string of the molecule is O=C(N/N=C\c1ccc(OC/C=C/Cl)cc1)c1cccc(O)c1. The number of phenolic OH excluding ortho intramolecular Hbond substituents is 1. The minimum Gasteiger partial charge on any atom is -0.508 e. The normalized spacial score (nSPS) is 11.0. The molecule has 23 heavy (non-hydrogen) atoms. The monoisotopic (exact) mass is 330 g/mol. The summed E-state index contributed by atoms with van der Waals surface area (Å²) < 4.78 is 5.40. The lowest BCUT2D eigenvalue weighted by molar-refractivity contribution is 0.0954. The Morgan fingerprint density at radius 1 is 1.26 bits per heavy atom. The zero-order valence-electron chi connectivity index (χ0n) is 12.1. The molecular weight excluding hydrogens is 316 g/mol. The lowest BCUT2D eigenvalue weighted by Crippen LogP contribution is -2.17. The van der Waals surface area contributed by atoms with Crippen molar-refractivity contribution in [1.29, 1.82) is 0 Å². The highest BCUT2D eigenvalue weighted by Gasteiger charge is 2.04. The molecule has 0 fully saturated rings. The Morgan fingerprint density at radius 2 is 2.04 bits per heavy atom. The summed E-state index contributed by atoms with van der Waals surface area (Å²) in [6.45, 7) is 0.400. The molecule has 0 heterocycles. The molecule has 0 spiro atoms. The molecule has 6 heteroatoms. The summed E-state index contributed by atoms with van der Waals surface area (Å²) in [5.74, 6) is 0.340. The van der Waals surface area contributed by atoms with Gasteiger partial charge in [0, 0.05) is 11.1 Å². The summed E-state index contributed by atoms with van der Waals surface area (Å²) in [5.41, 5.74) is 4.93. The molecule has 0 bridgehead atoms. The van der Waals surface area contributed by atoms with Gasteiger partial charge in [-0.05, 0) is 54.1 Å². The van der Waals surface area contributed by atoms with Gasteiger partial charge in [0.1, 0.15) is 18.1 Å². The van der Waals surface area contributed by atoms with Crippen LogP contribution in [-0.4, -0.2) is 23.8 Å². The fourth-order valence-electron chi connectivity index (χ4n) is 1.71. The highest BCUT2D eigenvalue weighted by molar-refractivity contribution is 6.25. The molecule has 1 amide bonds. The summed E-state index contributed by atoms with van der Waals surface area (Å²) in [6, 6.07) is 13.2. The first-order valence-corrected chi connectivity index (χ1v) is 7.23. The van der Waals surface area contributed by atoms with Crippen LogP contribution < -0.4 is 10.2 Å². The number of amides is 1. The number of benzene rings is 2. The molecule has 5 nitrogen and oxygen atoms in total. The van der Waals surface area contributed by atoms with Crippen molar-refractivity contribution in [2.24, 2.45) is 5.10 Å². The average molecular weight is 331 g/mol. The lowest BCUT2D eigenvalue weighted by Gasteiger charge is -2.03. The number of hydrogen-bond acceptors (Lipinski definition) is 4. The van der Waals surface area contributed by atoms with Gasteiger partial charge in [-0.1, -0.05) is 17.7 Å². The summed E-state index contributed by atoms with van der Waals surface area (Å²) in [6.07, 6.45) is 3.21. The van der Waals surface area contributed by atoms with Gasteiger partial charge in [0.25, 0.3) is 5.91 Å². The van der Waals surface area contributed by atoms with Crippen LogP contribution >= 0.6 is 11.6 Å². The third-order valence-corrected chi connectivity index (χ3v) is 2.98. The van der Waals surface area contributed by atoms with Crippen LogP contribution in [0.1, 0.15) is 15.9 Å². The van der Waals surface area contributed by atoms with E-state index >= 15 is 0 Å². The maximum atomic E-state index is 11.8. The quantitative estimate of drug-likeness (QED) is 0.630. The fourth-order valence-corrected chi connectivity index (χ4v) is 1.78. The molecule has 0 saturated heterocycles. The second-order valence-corrected chi connectivity index (χ2v) is 4.74. The van der Waals surface area contributed by atoms with Gasteiger partial charge in [-0.15, -0.1) is 0 Å². The van der Waals surface area contributed by atoms with E-state index in [4.69, 9.17) is 16.3 Å². The van der Waals surface area contributed by atoms with E-state index in [9.17, 15) is 9.90 Å². The minimum atomic E-state index is -0.398. The van der Waals surface area contributed by atoms with Crippen molar-refractivity contribution in [2.45, 2.75) is 0 Å². The second-order valence-electron chi connectivity index (χ2n) is 4.49. The summed E-state index contributed by atoms with van der Waals surface area (Å²) >= 11 is 5.40. The van der Waals surface area contributed by atoms with Gasteiger partial charge in [-0.2, -0.15) is 5.10 Å². The number of carbonyl (C=O) groups excluding carboxylic acids is 1. The number of aromatic hydroxyl groups is 1. The number of halogens is 1.